The second kappa shape index (κ2) is 6.61. The van der Waals surface area contributed by atoms with Crippen molar-refractivity contribution in [2.24, 2.45) is 5.73 Å². The molecule has 0 aliphatic carbocycles. The van der Waals surface area contributed by atoms with Gasteiger partial charge in [-0.25, -0.2) is 0 Å². The number of aromatic nitrogens is 1. The Morgan fingerprint density at radius 1 is 1.00 bits per heavy atom. The summed E-state index contributed by atoms with van der Waals surface area (Å²) in [5.41, 5.74) is 9.00. The molecular weight excluding hydrogens is 338 g/mol. The molecule has 4 N–H and O–H groups in total. The van der Waals surface area contributed by atoms with E-state index in [-0.39, 0.29) is 12.3 Å². The molecule has 0 fully saturated rings. The zero-order valence-corrected chi connectivity index (χ0v) is 14.6. The molecule has 0 atom stereocenters. The lowest BCUT2D eigenvalue weighted by Gasteiger charge is -2.13. The van der Waals surface area contributed by atoms with E-state index in [1.165, 1.54) is 0 Å². The van der Waals surface area contributed by atoms with Gasteiger partial charge in [0.05, 0.1) is 6.42 Å². The van der Waals surface area contributed by atoms with Crippen LogP contribution in [0.3, 0.4) is 0 Å². The highest BCUT2D eigenvalue weighted by Gasteiger charge is 2.14. The molecule has 5 nitrogen and oxygen atoms in total. The van der Waals surface area contributed by atoms with Crippen LogP contribution in [0.25, 0.3) is 21.7 Å². The molecule has 1 heterocycles. The molecule has 3 aromatic carbocycles. The Kier molecular flexibility index (Phi) is 4.12. The van der Waals surface area contributed by atoms with Crippen LogP contribution in [0.2, 0.25) is 0 Å². The minimum absolute atomic E-state index is 0.00500. The molecule has 134 valence electrons. The Labute approximate surface area is 156 Å². The van der Waals surface area contributed by atoms with Crippen molar-refractivity contribution in [2.45, 2.75) is 13.0 Å². The third-order valence-corrected chi connectivity index (χ3v) is 4.84. The normalized spacial score (nSPS) is 11.1. The highest BCUT2D eigenvalue weighted by molar-refractivity contribution is 5.99. The minimum atomic E-state index is -0.872. The summed E-state index contributed by atoms with van der Waals surface area (Å²) in [6, 6.07) is 21.7. The van der Waals surface area contributed by atoms with E-state index in [0.717, 1.165) is 32.9 Å². The van der Waals surface area contributed by atoms with Crippen molar-refractivity contribution in [1.82, 2.24) is 4.57 Å². The number of rotatable bonds is 5. The van der Waals surface area contributed by atoms with Gasteiger partial charge >= 0.3 is 5.97 Å². The first-order valence-electron chi connectivity index (χ1n) is 8.68. The van der Waals surface area contributed by atoms with Crippen molar-refractivity contribution in [3.05, 3.63) is 83.6 Å². The van der Waals surface area contributed by atoms with Crippen LogP contribution in [-0.4, -0.2) is 21.5 Å². The number of benzene rings is 3. The van der Waals surface area contributed by atoms with Gasteiger partial charge in [0.25, 0.3) is 0 Å². The fourth-order valence-corrected chi connectivity index (χ4v) is 3.57. The Morgan fingerprint density at radius 2 is 1.78 bits per heavy atom. The van der Waals surface area contributed by atoms with Crippen molar-refractivity contribution in [3.63, 3.8) is 0 Å². The molecule has 4 aromatic rings. The van der Waals surface area contributed by atoms with Crippen molar-refractivity contribution in [1.29, 1.82) is 5.41 Å². The molecule has 0 aliphatic rings. The molecule has 27 heavy (non-hydrogen) atoms. The van der Waals surface area contributed by atoms with E-state index in [2.05, 4.69) is 24.3 Å². The predicted octanol–water partition coefficient (Wildman–Crippen LogP) is 3.75. The van der Waals surface area contributed by atoms with Gasteiger partial charge in [-0.05, 0) is 33.9 Å². The van der Waals surface area contributed by atoms with Gasteiger partial charge in [-0.15, -0.1) is 0 Å². The number of nitrogens with zero attached hydrogens (tertiary/aromatic N) is 1. The number of hydrogen-bond acceptors (Lipinski definition) is 2. The van der Waals surface area contributed by atoms with Crippen molar-refractivity contribution < 1.29 is 9.90 Å². The molecule has 0 spiro atoms. The number of nitrogen functional groups attached to an aromatic ring is 1. The summed E-state index contributed by atoms with van der Waals surface area (Å²) in [6.07, 6.45) is -0.0607. The second-order valence-corrected chi connectivity index (χ2v) is 6.62. The summed E-state index contributed by atoms with van der Waals surface area (Å²) in [7, 11) is 0. The summed E-state index contributed by atoms with van der Waals surface area (Å²) in [5.74, 6) is -0.877. The molecule has 0 aliphatic heterocycles. The van der Waals surface area contributed by atoms with Crippen LogP contribution in [-0.2, 0) is 17.8 Å². The molecule has 0 amide bonds. The third-order valence-electron chi connectivity index (χ3n) is 4.84. The SMILES string of the molecule is N=C(N)c1ccc2cc(CC(=O)O)n(Cc3cccc4ccccc34)c2c1. The van der Waals surface area contributed by atoms with Crippen LogP contribution in [0, 0.1) is 5.41 Å². The first-order chi connectivity index (χ1) is 13.0. The van der Waals surface area contributed by atoms with Gasteiger partial charge in [-0.3, -0.25) is 10.2 Å². The van der Waals surface area contributed by atoms with Crippen LogP contribution < -0.4 is 5.73 Å². The van der Waals surface area contributed by atoms with Gasteiger partial charge in [0.2, 0.25) is 0 Å². The van der Waals surface area contributed by atoms with Crippen LogP contribution in [0.4, 0.5) is 0 Å². The Bertz CT molecular complexity index is 1190. The van der Waals surface area contributed by atoms with E-state index < -0.39 is 5.97 Å². The molecular formula is C22H19N3O2. The number of fused-ring (bicyclic) bond motifs is 2. The van der Waals surface area contributed by atoms with E-state index in [1.807, 2.05) is 41.0 Å². The highest BCUT2D eigenvalue weighted by Crippen LogP contribution is 2.26. The molecule has 0 radical (unpaired) electrons. The lowest BCUT2D eigenvalue weighted by Crippen LogP contribution is -2.12. The van der Waals surface area contributed by atoms with E-state index in [0.29, 0.717) is 12.1 Å². The van der Waals surface area contributed by atoms with E-state index >= 15 is 0 Å². The number of carboxylic acid groups (broad SMARTS) is 1. The Morgan fingerprint density at radius 3 is 2.56 bits per heavy atom. The maximum atomic E-state index is 11.4. The lowest BCUT2D eigenvalue weighted by molar-refractivity contribution is -0.136. The number of amidine groups is 1. The quantitative estimate of drug-likeness (QED) is 0.375. The molecule has 0 bridgehead atoms. The lowest BCUT2D eigenvalue weighted by atomic mass is 10.0. The van der Waals surface area contributed by atoms with Gasteiger partial charge in [0, 0.05) is 23.3 Å². The van der Waals surface area contributed by atoms with E-state index in [4.69, 9.17) is 11.1 Å². The van der Waals surface area contributed by atoms with E-state index in [9.17, 15) is 9.90 Å². The maximum Gasteiger partial charge on any atom is 0.309 e. The summed E-state index contributed by atoms with van der Waals surface area (Å²) >= 11 is 0. The molecule has 0 unspecified atom stereocenters. The first-order valence-corrected chi connectivity index (χ1v) is 8.68. The average Bonchev–Trinajstić information content (AvgIpc) is 2.98. The predicted molar refractivity (Wildman–Crippen MR) is 107 cm³/mol. The molecule has 5 heteroatoms. The monoisotopic (exact) mass is 357 g/mol. The zero-order chi connectivity index (χ0) is 19.0. The standard InChI is InChI=1S/C22H19N3O2/c23-22(24)16-9-8-15-10-18(12-21(26)27)25(20(15)11-16)13-17-6-3-5-14-4-1-2-7-19(14)17/h1-11H,12-13H2,(H3,23,24)(H,26,27). The number of carbonyl (C=O) groups is 1. The number of carboxylic acids is 1. The third kappa shape index (κ3) is 3.15. The Hall–Kier alpha value is -3.60. The molecule has 0 saturated carbocycles. The Balaban J connectivity index is 1.91. The van der Waals surface area contributed by atoms with Crippen LogP contribution >= 0.6 is 0 Å². The van der Waals surface area contributed by atoms with Crippen molar-refractivity contribution in [3.8, 4) is 0 Å². The number of aliphatic carboxylic acids is 1. The van der Waals surface area contributed by atoms with Crippen molar-refractivity contribution >= 4 is 33.5 Å². The van der Waals surface area contributed by atoms with Crippen LogP contribution in [0.5, 0.6) is 0 Å². The van der Waals surface area contributed by atoms with Crippen LogP contribution in [0.15, 0.2) is 66.7 Å². The van der Waals surface area contributed by atoms with Gasteiger partial charge < -0.3 is 15.4 Å². The molecule has 1 aromatic heterocycles. The van der Waals surface area contributed by atoms with Crippen LogP contribution in [0.1, 0.15) is 16.8 Å². The number of hydrogen-bond donors (Lipinski definition) is 3. The first kappa shape index (κ1) is 16.8. The molecule has 4 rings (SSSR count). The fraction of sp³-hybridized carbons (Fsp3) is 0.0909. The van der Waals surface area contributed by atoms with Gasteiger partial charge in [0.15, 0.2) is 0 Å². The topological polar surface area (TPSA) is 92.1 Å². The largest absolute Gasteiger partial charge is 0.481 e. The number of nitrogens with two attached hydrogens (primary N) is 1. The average molecular weight is 357 g/mol. The highest BCUT2D eigenvalue weighted by atomic mass is 16.4. The minimum Gasteiger partial charge on any atom is -0.481 e. The number of nitrogens with one attached hydrogen (secondary N) is 1. The molecule has 0 saturated heterocycles. The van der Waals surface area contributed by atoms with Gasteiger partial charge in [-0.1, -0.05) is 54.6 Å². The summed E-state index contributed by atoms with van der Waals surface area (Å²) < 4.78 is 2.01. The smallest absolute Gasteiger partial charge is 0.309 e. The summed E-state index contributed by atoms with van der Waals surface area (Å²) in [4.78, 5) is 11.4. The van der Waals surface area contributed by atoms with E-state index in [1.54, 1.807) is 6.07 Å². The second-order valence-electron chi connectivity index (χ2n) is 6.62. The zero-order valence-electron chi connectivity index (χ0n) is 14.6. The van der Waals surface area contributed by atoms with Gasteiger partial charge in [0.1, 0.15) is 5.84 Å². The fourth-order valence-electron chi connectivity index (χ4n) is 3.57. The maximum absolute atomic E-state index is 11.4. The van der Waals surface area contributed by atoms with Gasteiger partial charge in [-0.2, -0.15) is 0 Å². The summed E-state index contributed by atoms with van der Waals surface area (Å²) in [6.45, 7) is 0.550. The summed E-state index contributed by atoms with van der Waals surface area (Å²) in [5, 5.41) is 20.3. The van der Waals surface area contributed by atoms with Crippen molar-refractivity contribution in [2.75, 3.05) is 0 Å².